The first-order valence-electron chi connectivity index (χ1n) is 8.12. The van der Waals surface area contributed by atoms with Crippen molar-refractivity contribution in [2.75, 3.05) is 13.1 Å². The van der Waals surface area contributed by atoms with Gasteiger partial charge in [0.1, 0.15) is 22.7 Å². The van der Waals surface area contributed by atoms with Crippen molar-refractivity contribution in [2.45, 2.75) is 51.5 Å². The van der Waals surface area contributed by atoms with Gasteiger partial charge in [-0.3, -0.25) is 0 Å². The van der Waals surface area contributed by atoms with E-state index in [1.807, 2.05) is 4.57 Å². The minimum Gasteiger partial charge on any atom is -0.360 e. The Labute approximate surface area is 141 Å². The van der Waals surface area contributed by atoms with Crippen LogP contribution in [0.2, 0.25) is 0 Å². The smallest absolute Gasteiger partial charge is 0.248 e. The normalized spacial score (nSPS) is 19.5. The largest absolute Gasteiger partial charge is 0.360 e. The lowest BCUT2D eigenvalue weighted by Gasteiger charge is -2.17. The average Bonchev–Trinajstić information content (AvgIpc) is 3.20. The minimum absolute atomic E-state index is 0.202. The molecule has 2 aromatic heterocycles. The molecule has 0 N–H and O–H groups in total. The standard InChI is InChI=1S/C15H23N5O3S/c1-10(2)20-9-16-17-14(20)7-13-5-6-19(8-13)24(21,22)15-11(3)18-23-12(15)4/h9-10,13H,5-8H2,1-4H3. The predicted molar refractivity (Wildman–Crippen MR) is 87.0 cm³/mol. The monoisotopic (exact) mass is 353 g/mol. The third kappa shape index (κ3) is 2.98. The highest BCUT2D eigenvalue weighted by atomic mass is 32.2. The van der Waals surface area contributed by atoms with Crippen molar-refractivity contribution in [3.05, 3.63) is 23.6 Å². The van der Waals surface area contributed by atoms with E-state index >= 15 is 0 Å². The second-order valence-electron chi connectivity index (χ2n) is 6.62. The van der Waals surface area contributed by atoms with Crippen molar-refractivity contribution in [3.63, 3.8) is 0 Å². The summed E-state index contributed by atoms with van der Waals surface area (Å²) in [6, 6.07) is 0.290. The summed E-state index contributed by atoms with van der Waals surface area (Å²) >= 11 is 0. The first kappa shape index (κ1) is 17.1. The molecule has 9 heteroatoms. The quantitative estimate of drug-likeness (QED) is 0.812. The van der Waals surface area contributed by atoms with E-state index in [0.29, 0.717) is 30.6 Å². The van der Waals surface area contributed by atoms with Crippen molar-refractivity contribution in [3.8, 4) is 0 Å². The summed E-state index contributed by atoms with van der Waals surface area (Å²) in [6.45, 7) is 8.43. The third-order valence-electron chi connectivity index (χ3n) is 4.49. The molecule has 1 unspecified atom stereocenters. The molecular formula is C15H23N5O3S. The number of rotatable bonds is 5. The van der Waals surface area contributed by atoms with Crippen LogP contribution in [-0.4, -0.2) is 45.7 Å². The summed E-state index contributed by atoms with van der Waals surface area (Å²) < 4.78 is 34.3. The third-order valence-corrected chi connectivity index (χ3v) is 6.60. The summed E-state index contributed by atoms with van der Waals surface area (Å²) in [6.07, 6.45) is 3.27. The van der Waals surface area contributed by atoms with E-state index in [2.05, 4.69) is 29.2 Å². The molecule has 1 aliphatic heterocycles. The average molecular weight is 353 g/mol. The Morgan fingerprint density at radius 3 is 2.75 bits per heavy atom. The number of hydrogen-bond acceptors (Lipinski definition) is 6. The first-order valence-corrected chi connectivity index (χ1v) is 9.56. The fourth-order valence-corrected chi connectivity index (χ4v) is 5.08. The fraction of sp³-hybridized carbons (Fsp3) is 0.667. The van der Waals surface area contributed by atoms with Crippen LogP contribution in [0.3, 0.4) is 0 Å². The van der Waals surface area contributed by atoms with Gasteiger partial charge in [-0.1, -0.05) is 5.16 Å². The number of nitrogens with zero attached hydrogens (tertiary/aromatic N) is 5. The summed E-state index contributed by atoms with van der Waals surface area (Å²) in [5.41, 5.74) is 0.413. The van der Waals surface area contributed by atoms with Gasteiger partial charge in [-0.25, -0.2) is 8.42 Å². The fourth-order valence-electron chi connectivity index (χ4n) is 3.26. The molecule has 8 nitrogen and oxygen atoms in total. The highest BCUT2D eigenvalue weighted by molar-refractivity contribution is 7.89. The van der Waals surface area contributed by atoms with E-state index in [1.165, 1.54) is 4.31 Å². The molecule has 24 heavy (non-hydrogen) atoms. The molecule has 1 fully saturated rings. The lowest BCUT2D eigenvalue weighted by molar-refractivity contribution is 0.389. The van der Waals surface area contributed by atoms with Crippen LogP contribution < -0.4 is 0 Å². The molecule has 0 radical (unpaired) electrons. The molecule has 0 amide bonds. The van der Waals surface area contributed by atoms with Gasteiger partial charge >= 0.3 is 0 Å². The number of sulfonamides is 1. The maximum absolute atomic E-state index is 12.9. The van der Waals surface area contributed by atoms with E-state index in [1.54, 1.807) is 20.2 Å². The van der Waals surface area contributed by atoms with Gasteiger partial charge in [0.05, 0.1) is 0 Å². The van der Waals surface area contributed by atoms with Crippen molar-refractivity contribution in [2.24, 2.45) is 5.92 Å². The van der Waals surface area contributed by atoms with Gasteiger partial charge in [0, 0.05) is 25.6 Å². The van der Waals surface area contributed by atoms with E-state index in [0.717, 1.165) is 18.7 Å². The zero-order valence-corrected chi connectivity index (χ0v) is 15.2. The van der Waals surface area contributed by atoms with Crippen LogP contribution in [0, 0.1) is 19.8 Å². The molecule has 1 atom stereocenters. The van der Waals surface area contributed by atoms with Crippen LogP contribution in [-0.2, 0) is 16.4 Å². The zero-order valence-electron chi connectivity index (χ0n) is 14.4. The van der Waals surface area contributed by atoms with Crippen LogP contribution in [0.5, 0.6) is 0 Å². The molecule has 0 saturated carbocycles. The molecular weight excluding hydrogens is 330 g/mol. The second kappa shape index (κ2) is 6.29. The Hall–Kier alpha value is -1.74. The Kier molecular flexibility index (Phi) is 4.48. The van der Waals surface area contributed by atoms with Gasteiger partial charge in [0.25, 0.3) is 0 Å². The molecule has 3 rings (SSSR count). The molecule has 2 aromatic rings. The summed E-state index contributed by atoms with van der Waals surface area (Å²) in [5.74, 6) is 1.49. The maximum Gasteiger partial charge on any atom is 0.248 e. The number of hydrogen-bond donors (Lipinski definition) is 0. The van der Waals surface area contributed by atoms with E-state index < -0.39 is 10.0 Å². The molecule has 0 spiro atoms. The van der Waals surface area contributed by atoms with Gasteiger partial charge in [-0.15, -0.1) is 10.2 Å². The number of aromatic nitrogens is 4. The van der Waals surface area contributed by atoms with Crippen LogP contribution in [0.4, 0.5) is 0 Å². The lowest BCUT2D eigenvalue weighted by Crippen LogP contribution is -2.30. The summed E-state index contributed by atoms with van der Waals surface area (Å²) in [5, 5.41) is 11.9. The number of aryl methyl sites for hydroxylation is 2. The SMILES string of the molecule is Cc1noc(C)c1S(=O)(=O)N1CCC(Cc2nncn2C(C)C)C1. The van der Waals surface area contributed by atoms with Crippen LogP contribution in [0.25, 0.3) is 0 Å². The minimum atomic E-state index is -3.56. The van der Waals surface area contributed by atoms with Gasteiger partial charge < -0.3 is 9.09 Å². The Morgan fingerprint density at radius 1 is 1.38 bits per heavy atom. The van der Waals surface area contributed by atoms with Crippen LogP contribution in [0.1, 0.15) is 43.6 Å². The Balaban J connectivity index is 1.75. The first-order chi connectivity index (χ1) is 11.3. The molecule has 1 aliphatic rings. The molecule has 0 aliphatic carbocycles. The zero-order chi connectivity index (χ0) is 17.5. The summed E-state index contributed by atoms with van der Waals surface area (Å²) in [7, 11) is -3.56. The maximum atomic E-state index is 12.9. The van der Waals surface area contributed by atoms with E-state index in [4.69, 9.17) is 4.52 Å². The van der Waals surface area contributed by atoms with Crippen molar-refractivity contribution in [1.82, 2.24) is 24.2 Å². The topological polar surface area (TPSA) is 94.1 Å². The predicted octanol–water partition coefficient (Wildman–Crippen LogP) is 1.72. The van der Waals surface area contributed by atoms with Crippen molar-refractivity contribution in [1.29, 1.82) is 0 Å². The highest BCUT2D eigenvalue weighted by Crippen LogP contribution is 2.29. The Bertz CT molecular complexity index is 805. The lowest BCUT2D eigenvalue weighted by atomic mass is 10.0. The van der Waals surface area contributed by atoms with Gasteiger partial charge in [0.2, 0.25) is 10.0 Å². The van der Waals surface area contributed by atoms with E-state index in [-0.39, 0.29) is 10.8 Å². The molecule has 132 valence electrons. The highest BCUT2D eigenvalue weighted by Gasteiger charge is 2.36. The van der Waals surface area contributed by atoms with E-state index in [9.17, 15) is 8.42 Å². The molecule has 1 saturated heterocycles. The summed E-state index contributed by atoms with van der Waals surface area (Å²) in [4.78, 5) is 0.202. The van der Waals surface area contributed by atoms with Crippen molar-refractivity contribution >= 4 is 10.0 Å². The van der Waals surface area contributed by atoms with Gasteiger partial charge in [0.15, 0.2) is 5.76 Å². The molecule has 0 bridgehead atoms. The van der Waals surface area contributed by atoms with Crippen LogP contribution in [0.15, 0.2) is 15.7 Å². The van der Waals surface area contributed by atoms with Crippen molar-refractivity contribution < 1.29 is 12.9 Å². The Morgan fingerprint density at radius 2 is 2.12 bits per heavy atom. The molecule has 0 aromatic carbocycles. The van der Waals surface area contributed by atoms with Gasteiger partial charge in [-0.2, -0.15) is 4.31 Å². The molecule has 3 heterocycles. The van der Waals surface area contributed by atoms with Gasteiger partial charge in [-0.05, 0) is 40.0 Å². The second-order valence-corrected chi connectivity index (χ2v) is 8.50. The van der Waals surface area contributed by atoms with Crippen LogP contribution >= 0.6 is 0 Å².